The third-order valence-corrected chi connectivity index (χ3v) is 3.08. The van der Waals surface area contributed by atoms with Crippen LogP contribution in [0, 0.1) is 0 Å². The fraction of sp³-hybridized carbons (Fsp3) is 0.188. The van der Waals surface area contributed by atoms with Gasteiger partial charge in [-0.25, -0.2) is 4.79 Å². The monoisotopic (exact) mass is 326 g/mol. The van der Waals surface area contributed by atoms with E-state index in [0.29, 0.717) is 0 Å². The van der Waals surface area contributed by atoms with Gasteiger partial charge in [-0.15, -0.1) is 0 Å². The average molecular weight is 326 g/mol. The van der Waals surface area contributed by atoms with E-state index in [2.05, 4.69) is 0 Å². The Morgan fingerprint density at radius 2 is 1.87 bits per heavy atom. The van der Waals surface area contributed by atoms with Gasteiger partial charge in [0.05, 0.1) is 17.7 Å². The van der Waals surface area contributed by atoms with Crippen LogP contribution in [0.5, 0.6) is 5.75 Å². The Morgan fingerprint density at radius 1 is 1.13 bits per heavy atom. The molecule has 0 radical (unpaired) electrons. The molecular formula is C16H13F3O4. The quantitative estimate of drug-likeness (QED) is 0.883. The summed E-state index contributed by atoms with van der Waals surface area (Å²) in [6, 6.07) is 8.40. The van der Waals surface area contributed by atoms with Crippen LogP contribution in [0.15, 0.2) is 42.5 Å². The lowest BCUT2D eigenvalue weighted by atomic mass is 9.99. The summed E-state index contributed by atoms with van der Waals surface area (Å²) in [7, 11) is 0. The minimum atomic E-state index is -4.51. The zero-order chi connectivity index (χ0) is 17.0. The van der Waals surface area contributed by atoms with Crippen molar-refractivity contribution < 1.29 is 32.9 Å². The second-order valence-electron chi connectivity index (χ2n) is 4.67. The predicted octanol–water partition coefficient (Wildman–Crippen LogP) is 3.44. The van der Waals surface area contributed by atoms with E-state index in [1.807, 2.05) is 0 Å². The Balaban J connectivity index is 2.55. The van der Waals surface area contributed by atoms with Gasteiger partial charge in [0.2, 0.25) is 0 Å². The van der Waals surface area contributed by atoms with Gasteiger partial charge in [-0.1, -0.05) is 12.1 Å². The van der Waals surface area contributed by atoms with Crippen molar-refractivity contribution >= 4 is 5.97 Å². The maximum Gasteiger partial charge on any atom is 0.416 e. The summed E-state index contributed by atoms with van der Waals surface area (Å²) >= 11 is 0. The standard InChI is InChI=1S/C16H13F3O4/c17-16(18,19)12-3-1-2-10(8-12)13-9-11(15(21)22)4-5-14(13)23-7-6-20/h1-5,8-9,20H,6-7H2,(H,21,22). The minimum Gasteiger partial charge on any atom is -0.491 e. The summed E-state index contributed by atoms with van der Waals surface area (Å²) in [4.78, 5) is 11.1. The first-order chi connectivity index (χ1) is 10.8. The van der Waals surface area contributed by atoms with Crippen molar-refractivity contribution in [1.29, 1.82) is 0 Å². The number of aliphatic hydroxyl groups excluding tert-OH is 1. The highest BCUT2D eigenvalue weighted by Crippen LogP contribution is 2.36. The molecule has 0 amide bonds. The molecule has 2 N–H and O–H groups in total. The third-order valence-electron chi connectivity index (χ3n) is 3.08. The normalized spacial score (nSPS) is 11.3. The van der Waals surface area contributed by atoms with Gasteiger partial charge in [-0.2, -0.15) is 13.2 Å². The maximum absolute atomic E-state index is 12.8. The Kier molecular flexibility index (Phi) is 4.90. The van der Waals surface area contributed by atoms with Gasteiger partial charge in [0.1, 0.15) is 12.4 Å². The van der Waals surface area contributed by atoms with Crippen molar-refractivity contribution in [3.05, 3.63) is 53.6 Å². The average Bonchev–Trinajstić information content (AvgIpc) is 2.52. The number of aromatic carboxylic acids is 1. The molecule has 0 aliphatic carbocycles. The largest absolute Gasteiger partial charge is 0.491 e. The van der Waals surface area contributed by atoms with Gasteiger partial charge in [-0.3, -0.25) is 0 Å². The van der Waals surface area contributed by atoms with Crippen LogP contribution in [-0.4, -0.2) is 29.4 Å². The number of rotatable bonds is 5. The van der Waals surface area contributed by atoms with Crippen LogP contribution in [0.2, 0.25) is 0 Å². The molecular weight excluding hydrogens is 313 g/mol. The van der Waals surface area contributed by atoms with E-state index in [0.717, 1.165) is 12.1 Å². The van der Waals surface area contributed by atoms with Gasteiger partial charge in [0, 0.05) is 5.56 Å². The summed E-state index contributed by atoms with van der Waals surface area (Å²) in [6.45, 7) is -0.332. The first-order valence-corrected chi connectivity index (χ1v) is 6.61. The van der Waals surface area contributed by atoms with Crippen LogP contribution >= 0.6 is 0 Å². The Morgan fingerprint density at radius 3 is 2.48 bits per heavy atom. The molecule has 0 fully saturated rings. The number of aliphatic hydroxyl groups is 1. The molecule has 0 bridgehead atoms. The van der Waals surface area contributed by atoms with Crippen LogP contribution in [0.4, 0.5) is 13.2 Å². The van der Waals surface area contributed by atoms with E-state index in [9.17, 15) is 18.0 Å². The SMILES string of the molecule is O=C(O)c1ccc(OCCO)c(-c2cccc(C(F)(F)F)c2)c1. The van der Waals surface area contributed by atoms with Gasteiger partial charge in [0.15, 0.2) is 0 Å². The Bertz CT molecular complexity index is 711. The maximum atomic E-state index is 12.8. The number of hydrogen-bond acceptors (Lipinski definition) is 3. The topological polar surface area (TPSA) is 66.8 Å². The molecule has 23 heavy (non-hydrogen) atoms. The number of alkyl halides is 3. The second kappa shape index (κ2) is 6.70. The molecule has 0 saturated heterocycles. The number of ether oxygens (including phenoxy) is 1. The van der Waals surface area contributed by atoms with E-state index in [1.165, 1.54) is 30.3 Å². The highest BCUT2D eigenvalue weighted by atomic mass is 19.4. The predicted molar refractivity (Wildman–Crippen MR) is 76.4 cm³/mol. The van der Waals surface area contributed by atoms with E-state index >= 15 is 0 Å². The molecule has 7 heteroatoms. The van der Waals surface area contributed by atoms with Crippen LogP contribution in [0.25, 0.3) is 11.1 Å². The van der Waals surface area contributed by atoms with Crippen LogP contribution < -0.4 is 4.74 Å². The minimum absolute atomic E-state index is 0.0572. The molecule has 122 valence electrons. The lowest BCUT2D eigenvalue weighted by Crippen LogP contribution is -2.06. The first-order valence-electron chi connectivity index (χ1n) is 6.61. The second-order valence-corrected chi connectivity index (χ2v) is 4.67. The zero-order valence-electron chi connectivity index (χ0n) is 11.8. The van der Waals surface area contributed by atoms with Gasteiger partial charge >= 0.3 is 12.1 Å². The van der Waals surface area contributed by atoms with Gasteiger partial charge in [0.25, 0.3) is 0 Å². The van der Waals surface area contributed by atoms with E-state index in [-0.39, 0.29) is 35.7 Å². The molecule has 0 aromatic heterocycles. The zero-order valence-corrected chi connectivity index (χ0v) is 11.8. The molecule has 2 aromatic carbocycles. The van der Waals surface area contributed by atoms with Gasteiger partial charge < -0.3 is 14.9 Å². The fourth-order valence-electron chi connectivity index (χ4n) is 2.03. The molecule has 0 unspecified atom stereocenters. The van der Waals surface area contributed by atoms with Crippen molar-refractivity contribution in [3.8, 4) is 16.9 Å². The Hall–Kier alpha value is -2.54. The number of carboxylic acid groups (broad SMARTS) is 1. The van der Waals surface area contributed by atoms with Crippen LogP contribution in [0.1, 0.15) is 15.9 Å². The lowest BCUT2D eigenvalue weighted by molar-refractivity contribution is -0.137. The molecule has 0 saturated carbocycles. The summed E-state index contributed by atoms with van der Waals surface area (Å²) in [5, 5.41) is 17.9. The fourth-order valence-corrected chi connectivity index (χ4v) is 2.03. The number of halogens is 3. The molecule has 2 rings (SSSR count). The summed E-state index contributed by atoms with van der Waals surface area (Å²) in [5.74, 6) is -1.00. The smallest absolute Gasteiger partial charge is 0.416 e. The van der Waals surface area contributed by atoms with Crippen LogP contribution in [0.3, 0.4) is 0 Å². The number of benzene rings is 2. The van der Waals surface area contributed by atoms with Crippen molar-refractivity contribution in [2.75, 3.05) is 13.2 Å². The highest BCUT2D eigenvalue weighted by Gasteiger charge is 2.30. The Labute approximate surface area is 129 Å². The molecule has 0 spiro atoms. The van der Waals surface area contributed by atoms with E-state index in [1.54, 1.807) is 0 Å². The van der Waals surface area contributed by atoms with Gasteiger partial charge in [-0.05, 0) is 35.9 Å². The van der Waals surface area contributed by atoms with E-state index < -0.39 is 17.7 Å². The lowest BCUT2D eigenvalue weighted by Gasteiger charge is -2.14. The molecule has 0 aliphatic heterocycles. The van der Waals surface area contributed by atoms with Crippen LogP contribution in [-0.2, 0) is 6.18 Å². The highest BCUT2D eigenvalue weighted by molar-refractivity contribution is 5.90. The van der Waals surface area contributed by atoms with E-state index in [4.69, 9.17) is 14.9 Å². The molecule has 0 aliphatic rings. The molecule has 2 aromatic rings. The van der Waals surface area contributed by atoms with Crippen molar-refractivity contribution in [2.45, 2.75) is 6.18 Å². The number of carboxylic acids is 1. The first kappa shape index (κ1) is 16.8. The van der Waals surface area contributed by atoms with Crippen molar-refractivity contribution in [3.63, 3.8) is 0 Å². The number of carbonyl (C=O) groups is 1. The summed E-state index contributed by atoms with van der Waals surface area (Å²) < 4.78 is 43.8. The van der Waals surface area contributed by atoms with Crippen molar-refractivity contribution in [1.82, 2.24) is 0 Å². The number of hydrogen-bond donors (Lipinski definition) is 2. The van der Waals surface area contributed by atoms with Crippen molar-refractivity contribution in [2.24, 2.45) is 0 Å². The molecule has 4 nitrogen and oxygen atoms in total. The molecule has 0 heterocycles. The summed E-state index contributed by atoms with van der Waals surface area (Å²) in [6.07, 6.45) is -4.51. The third kappa shape index (κ3) is 4.01. The summed E-state index contributed by atoms with van der Waals surface area (Å²) in [5.41, 5.74) is -0.530. The molecule has 0 atom stereocenters.